The third-order valence-corrected chi connectivity index (χ3v) is 8.31. The minimum atomic E-state index is -1.26. The first-order valence-electron chi connectivity index (χ1n) is 12.7. The van der Waals surface area contributed by atoms with Gasteiger partial charge in [-0.2, -0.15) is 0 Å². The van der Waals surface area contributed by atoms with Gasteiger partial charge in [-0.15, -0.1) is 42.7 Å². The number of hydrogen-bond donors (Lipinski definition) is 3. The zero-order chi connectivity index (χ0) is 27.2. The Morgan fingerprint density at radius 2 is 2.02 bits per heavy atom. The summed E-state index contributed by atoms with van der Waals surface area (Å²) in [4.78, 5) is 34.4. The second-order valence-electron chi connectivity index (χ2n) is 10.3. The molecule has 9 nitrogen and oxygen atoms in total. The third-order valence-electron chi connectivity index (χ3n) is 7.43. The molecule has 4 atom stereocenters. The maximum absolute atomic E-state index is 12.9. The molecule has 1 aromatic carbocycles. The molecule has 1 saturated carbocycles. The van der Waals surface area contributed by atoms with Crippen LogP contribution in [0.3, 0.4) is 0 Å². The summed E-state index contributed by atoms with van der Waals surface area (Å²) in [5.74, 6) is 0.0590. The highest BCUT2D eigenvalue weighted by Gasteiger charge is 2.60. The van der Waals surface area contributed by atoms with Gasteiger partial charge in [0.05, 0.1) is 24.4 Å². The van der Waals surface area contributed by atoms with Crippen molar-refractivity contribution in [2.45, 2.75) is 57.2 Å². The number of aryl methyl sites for hydroxylation is 1. The van der Waals surface area contributed by atoms with Crippen molar-refractivity contribution in [1.29, 1.82) is 0 Å². The number of nitrogens with zero attached hydrogens (tertiary/aromatic N) is 2. The monoisotopic (exact) mass is 608 g/mol. The van der Waals surface area contributed by atoms with Crippen molar-refractivity contribution in [2.24, 2.45) is 5.92 Å². The summed E-state index contributed by atoms with van der Waals surface area (Å²) in [5, 5.41) is 19.2. The lowest BCUT2D eigenvalue weighted by atomic mass is 10.1. The molecule has 0 bridgehead atoms. The van der Waals surface area contributed by atoms with Gasteiger partial charge in [0.2, 0.25) is 5.91 Å². The number of rotatable bonds is 9. The number of aromatic nitrogens is 2. The molecule has 1 amide bonds. The summed E-state index contributed by atoms with van der Waals surface area (Å²) in [6.45, 7) is 10.3. The number of halogens is 2. The number of carboxylic acids is 1. The fourth-order valence-corrected chi connectivity index (χ4v) is 5.91. The molecular formula is C28H34Cl2N4O5S. The van der Waals surface area contributed by atoms with Crippen LogP contribution in [0, 0.1) is 12.8 Å². The maximum Gasteiger partial charge on any atom is 0.330 e. The first kappa shape index (κ1) is 31.6. The van der Waals surface area contributed by atoms with E-state index in [0.717, 1.165) is 32.9 Å². The Morgan fingerprint density at radius 3 is 2.62 bits per heavy atom. The second kappa shape index (κ2) is 12.3. The normalized spacial score (nSPS) is 23.2. The molecule has 40 heavy (non-hydrogen) atoms. The molecule has 0 unspecified atom stereocenters. The standard InChI is InChI=1S/C28H32N4O5S.2ClH/c1-6-16-11-28(16,27(34)35)32-25(33)19-9-17(12-29-19)37-23-10-20(26-31-21(13-38-26)14(2)3)30-24-15(4)22(36-5)8-7-18(23)24;;/h6-8,10,13-14,16-17,19,29H,1,9,11-12H2,2-5H3,(H,32,33)(H,34,35);2*1H/t16-,17-,19-,28-;;/m1../s1. The lowest BCUT2D eigenvalue weighted by Crippen LogP contribution is -2.51. The molecule has 1 aliphatic carbocycles. The number of carbonyl (C=O) groups excluding carboxylic acids is 1. The molecule has 12 heteroatoms. The molecule has 3 heterocycles. The van der Waals surface area contributed by atoms with E-state index in [0.29, 0.717) is 36.7 Å². The molecule has 5 rings (SSSR count). The lowest BCUT2D eigenvalue weighted by Gasteiger charge is -2.18. The van der Waals surface area contributed by atoms with Gasteiger partial charge in [0.15, 0.2) is 0 Å². The van der Waals surface area contributed by atoms with Crippen LogP contribution in [0.5, 0.6) is 11.5 Å². The first-order chi connectivity index (χ1) is 18.2. The van der Waals surface area contributed by atoms with E-state index in [1.807, 2.05) is 25.1 Å². The average Bonchev–Trinajstić information content (AvgIpc) is 3.22. The van der Waals surface area contributed by atoms with E-state index in [1.54, 1.807) is 24.5 Å². The van der Waals surface area contributed by atoms with Crippen LogP contribution in [0.2, 0.25) is 0 Å². The molecular weight excluding hydrogens is 575 g/mol. The van der Waals surface area contributed by atoms with Crippen molar-refractivity contribution in [2.75, 3.05) is 13.7 Å². The number of pyridine rings is 1. The van der Waals surface area contributed by atoms with Crippen LogP contribution in [0.1, 0.15) is 43.9 Å². The molecule has 0 spiro atoms. The Balaban J connectivity index is 0.00000220. The van der Waals surface area contributed by atoms with Crippen LogP contribution in [-0.2, 0) is 9.59 Å². The SMILES string of the molecule is C=C[C@@H]1C[C@]1(NC(=O)[C@H]1C[C@@H](Oc2cc(-c3nc(C(C)C)cs3)nc3c(C)c(OC)ccc23)CN1)C(=O)O.Cl.Cl. The van der Waals surface area contributed by atoms with Crippen LogP contribution in [0.15, 0.2) is 36.2 Å². The van der Waals surface area contributed by atoms with Crippen LogP contribution in [0.25, 0.3) is 21.6 Å². The van der Waals surface area contributed by atoms with Gasteiger partial charge in [-0.3, -0.25) is 4.79 Å². The van der Waals surface area contributed by atoms with Crippen molar-refractivity contribution in [3.8, 4) is 22.2 Å². The van der Waals surface area contributed by atoms with E-state index in [9.17, 15) is 14.7 Å². The minimum absolute atomic E-state index is 0. The predicted octanol–water partition coefficient (Wildman–Crippen LogP) is 4.90. The van der Waals surface area contributed by atoms with Gasteiger partial charge >= 0.3 is 5.97 Å². The van der Waals surface area contributed by atoms with Gasteiger partial charge in [-0.1, -0.05) is 19.9 Å². The molecule has 1 aliphatic heterocycles. The van der Waals surface area contributed by atoms with E-state index in [1.165, 1.54) is 0 Å². The van der Waals surface area contributed by atoms with Crippen molar-refractivity contribution in [1.82, 2.24) is 20.6 Å². The highest BCUT2D eigenvalue weighted by molar-refractivity contribution is 7.13. The highest BCUT2D eigenvalue weighted by atomic mass is 35.5. The van der Waals surface area contributed by atoms with Gasteiger partial charge in [-0.05, 0) is 31.4 Å². The molecule has 0 radical (unpaired) electrons. The largest absolute Gasteiger partial charge is 0.496 e. The number of aliphatic carboxylic acids is 1. The Morgan fingerprint density at radius 1 is 1.27 bits per heavy atom. The molecule has 216 valence electrons. The van der Waals surface area contributed by atoms with Crippen LogP contribution >= 0.6 is 36.2 Å². The smallest absolute Gasteiger partial charge is 0.330 e. The predicted molar refractivity (Wildman–Crippen MR) is 160 cm³/mol. The minimum Gasteiger partial charge on any atom is -0.496 e. The van der Waals surface area contributed by atoms with E-state index in [2.05, 4.69) is 36.4 Å². The van der Waals surface area contributed by atoms with Gasteiger partial charge in [-0.25, -0.2) is 14.8 Å². The molecule has 3 aromatic rings. The van der Waals surface area contributed by atoms with E-state index < -0.39 is 17.6 Å². The van der Waals surface area contributed by atoms with Gasteiger partial charge < -0.3 is 25.2 Å². The fraction of sp³-hybridized carbons (Fsp3) is 0.429. The third kappa shape index (κ3) is 5.76. The number of nitrogens with one attached hydrogen (secondary N) is 2. The van der Waals surface area contributed by atoms with Gasteiger partial charge in [0.1, 0.15) is 33.8 Å². The van der Waals surface area contributed by atoms with Crippen molar-refractivity contribution in [3.63, 3.8) is 0 Å². The van der Waals surface area contributed by atoms with E-state index >= 15 is 0 Å². The summed E-state index contributed by atoms with van der Waals surface area (Å²) in [7, 11) is 1.63. The van der Waals surface area contributed by atoms with Gasteiger partial charge in [0, 0.05) is 41.3 Å². The summed E-state index contributed by atoms with van der Waals surface area (Å²) in [5.41, 5.74) is 2.15. The fourth-order valence-electron chi connectivity index (χ4n) is 4.97. The quantitative estimate of drug-likeness (QED) is 0.293. The number of carboxylic acid groups (broad SMARTS) is 1. The van der Waals surface area contributed by atoms with Crippen molar-refractivity contribution >= 4 is 58.9 Å². The Bertz CT molecular complexity index is 1430. The number of hydrogen-bond acceptors (Lipinski definition) is 8. The second-order valence-corrected chi connectivity index (χ2v) is 11.1. The zero-order valence-electron chi connectivity index (χ0n) is 22.7. The number of methoxy groups -OCH3 is 1. The van der Waals surface area contributed by atoms with E-state index in [-0.39, 0.29) is 42.7 Å². The van der Waals surface area contributed by atoms with Crippen LogP contribution in [0.4, 0.5) is 0 Å². The Labute approximate surface area is 249 Å². The molecule has 2 aliphatic rings. The number of ether oxygens (including phenoxy) is 2. The maximum atomic E-state index is 12.9. The Kier molecular flexibility index (Phi) is 9.72. The summed E-state index contributed by atoms with van der Waals surface area (Å²) >= 11 is 1.55. The zero-order valence-corrected chi connectivity index (χ0v) is 25.2. The molecule has 2 fully saturated rings. The molecule has 1 saturated heterocycles. The summed E-state index contributed by atoms with van der Waals surface area (Å²) in [6, 6.07) is 5.18. The number of fused-ring (bicyclic) bond motifs is 1. The van der Waals surface area contributed by atoms with Crippen LogP contribution < -0.4 is 20.1 Å². The Hall–Kier alpha value is -2.92. The first-order valence-corrected chi connectivity index (χ1v) is 13.6. The summed E-state index contributed by atoms with van der Waals surface area (Å²) in [6.07, 6.45) is 2.06. The number of thiazole rings is 1. The van der Waals surface area contributed by atoms with E-state index in [4.69, 9.17) is 19.4 Å². The average molecular weight is 610 g/mol. The topological polar surface area (TPSA) is 123 Å². The molecule has 3 N–H and O–H groups in total. The summed E-state index contributed by atoms with van der Waals surface area (Å²) < 4.78 is 12.0. The van der Waals surface area contributed by atoms with Crippen molar-refractivity contribution < 1.29 is 24.2 Å². The lowest BCUT2D eigenvalue weighted by molar-refractivity contribution is -0.143. The number of amides is 1. The highest BCUT2D eigenvalue weighted by Crippen LogP contribution is 2.44. The number of carbonyl (C=O) groups is 2. The number of benzene rings is 1. The molecule has 2 aromatic heterocycles. The van der Waals surface area contributed by atoms with Crippen LogP contribution in [-0.4, -0.2) is 58.3 Å². The van der Waals surface area contributed by atoms with Crippen molar-refractivity contribution in [3.05, 3.63) is 47.5 Å². The van der Waals surface area contributed by atoms with Gasteiger partial charge in [0.25, 0.3) is 0 Å².